The third-order valence-corrected chi connectivity index (χ3v) is 5.42. The average molecular weight is 409 g/mol. The fourth-order valence-electron chi connectivity index (χ4n) is 3.72. The number of anilines is 1. The molecule has 6 nitrogen and oxygen atoms in total. The molecule has 2 aliphatic rings. The third-order valence-electron chi connectivity index (χ3n) is 4.92. The highest BCUT2D eigenvalue weighted by molar-refractivity contribution is 6.35. The molecule has 142 valence electrons. The molecule has 0 radical (unpaired) electrons. The first-order valence-corrected chi connectivity index (χ1v) is 9.12. The first kappa shape index (κ1) is 18.1. The van der Waals surface area contributed by atoms with Crippen molar-refractivity contribution < 1.29 is 19.0 Å². The second-order valence-corrected chi connectivity index (χ2v) is 7.51. The number of carbonyl (C=O) groups excluding carboxylic acids is 1. The Kier molecular flexibility index (Phi) is 4.28. The van der Waals surface area contributed by atoms with Gasteiger partial charge in [0.25, 0.3) is 0 Å². The molecule has 2 heterocycles. The lowest BCUT2D eigenvalue weighted by atomic mass is 9.90. The monoisotopic (exact) mass is 408 g/mol. The van der Waals surface area contributed by atoms with Gasteiger partial charge in [0.2, 0.25) is 0 Å². The summed E-state index contributed by atoms with van der Waals surface area (Å²) in [4.78, 5) is 14.5. The predicted molar refractivity (Wildman–Crippen MR) is 103 cm³/mol. The minimum Gasteiger partial charge on any atom is -0.497 e. The van der Waals surface area contributed by atoms with Crippen LogP contribution in [0.3, 0.4) is 0 Å². The highest BCUT2D eigenvalue weighted by Gasteiger charge is 2.51. The molecule has 4 rings (SSSR count). The van der Waals surface area contributed by atoms with Gasteiger partial charge in [-0.1, -0.05) is 23.2 Å². The Balaban J connectivity index is 1.83. The maximum absolute atomic E-state index is 13.0. The lowest BCUT2D eigenvalue weighted by Gasteiger charge is -2.50. The second kappa shape index (κ2) is 6.39. The molecule has 2 bridgehead atoms. The van der Waals surface area contributed by atoms with Gasteiger partial charge in [-0.3, -0.25) is 4.90 Å². The first-order valence-electron chi connectivity index (χ1n) is 8.37. The molecule has 1 fully saturated rings. The number of fused-ring (bicyclic) bond motifs is 4. The number of hydrogen-bond donors (Lipinski definition) is 1. The van der Waals surface area contributed by atoms with Gasteiger partial charge in [0.15, 0.2) is 5.72 Å². The van der Waals surface area contributed by atoms with Crippen molar-refractivity contribution in [2.45, 2.75) is 25.1 Å². The summed E-state index contributed by atoms with van der Waals surface area (Å²) in [6, 6.07) is 8.13. The van der Waals surface area contributed by atoms with Crippen molar-refractivity contribution in [2.24, 2.45) is 0 Å². The first-order chi connectivity index (χ1) is 12.9. The highest BCUT2D eigenvalue weighted by atomic mass is 35.5. The fourth-order valence-corrected chi connectivity index (χ4v) is 4.27. The van der Waals surface area contributed by atoms with Crippen LogP contribution in [0.15, 0.2) is 30.3 Å². The van der Waals surface area contributed by atoms with E-state index in [1.165, 1.54) is 0 Å². The molecule has 2 aliphatic heterocycles. The van der Waals surface area contributed by atoms with Gasteiger partial charge in [-0.2, -0.15) is 0 Å². The van der Waals surface area contributed by atoms with E-state index in [-0.39, 0.29) is 12.1 Å². The number of rotatable bonds is 3. The molecule has 8 heteroatoms. The van der Waals surface area contributed by atoms with Gasteiger partial charge in [0, 0.05) is 23.1 Å². The van der Waals surface area contributed by atoms with Crippen molar-refractivity contribution in [3.05, 3.63) is 45.9 Å². The molecular weight excluding hydrogens is 391 g/mol. The third kappa shape index (κ3) is 2.84. The largest absolute Gasteiger partial charge is 0.497 e. The Labute approximate surface area is 166 Å². The summed E-state index contributed by atoms with van der Waals surface area (Å²) < 4.78 is 17.0. The Morgan fingerprint density at radius 1 is 1.22 bits per heavy atom. The van der Waals surface area contributed by atoms with Gasteiger partial charge in [0.05, 0.1) is 31.0 Å². The Morgan fingerprint density at radius 2 is 2.00 bits per heavy atom. The van der Waals surface area contributed by atoms with Crippen LogP contribution >= 0.6 is 23.2 Å². The molecule has 1 N–H and O–H groups in total. The van der Waals surface area contributed by atoms with Gasteiger partial charge < -0.3 is 19.5 Å². The lowest BCUT2D eigenvalue weighted by molar-refractivity contribution is 0.0376. The minimum atomic E-state index is -0.945. The van der Waals surface area contributed by atoms with E-state index in [1.807, 2.05) is 6.92 Å². The predicted octanol–water partition coefficient (Wildman–Crippen LogP) is 4.78. The van der Waals surface area contributed by atoms with Crippen molar-refractivity contribution in [2.75, 3.05) is 19.1 Å². The van der Waals surface area contributed by atoms with E-state index in [1.54, 1.807) is 49.5 Å². The SMILES string of the molecule is COc1ccc(N2C(=O)NC3CC2(C)Oc2c(Cl)cc(Cl)cc23)c(OC)c1. The molecule has 0 aliphatic carbocycles. The summed E-state index contributed by atoms with van der Waals surface area (Å²) >= 11 is 12.5. The van der Waals surface area contributed by atoms with Crippen molar-refractivity contribution in [3.8, 4) is 17.2 Å². The van der Waals surface area contributed by atoms with Crippen molar-refractivity contribution in [3.63, 3.8) is 0 Å². The zero-order valence-electron chi connectivity index (χ0n) is 15.0. The van der Waals surface area contributed by atoms with Gasteiger partial charge in [-0.15, -0.1) is 0 Å². The lowest BCUT2D eigenvalue weighted by Crippen LogP contribution is -2.65. The summed E-state index contributed by atoms with van der Waals surface area (Å²) in [7, 11) is 3.11. The number of ether oxygens (including phenoxy) is 3. The van der Waals surface area contributed by atoms with E-state index in [2.05, 4.69) is 5.32 Å². The molecule has 2 unspecified atom stereocenters. The molecule has 2 aromatic carbocycles. The van der Waals surface area contributed by atoms with Crippen LogP contribution in [0.1, 0.15) is 24.9 Å². The van der Waals surface area contributed by atoms with Crippen LogP contribution in [-0.2, 0) is 0 Å². The summed E-state index contributed by atoms with van der Waals surface area (Å²) in [5, 5.41) is 3.92. The van der Waals surface area contributed by atoms with E-state index in [0.717, 1.165) is 5.56 Å². The molecular formula is C19H18Cl2N2O4. The van der Waals surface area contributed by atoms with Crippen LogP contribution in [-0.4, -0.2) is 26.0 Å². The minimum absolute atomic E-state index is 0.247. The summed E-state index contributed by atoms with van der Waals surface area (Å²) in [6.45, 7) is 1.86. The molecule has 2 atom stereocenters. The number of nitrogens with one attached hydrogen (secondary N) is 1. The molecule has 0 saturated carbocycles. The van der Waals surface area contributed by atoms with Gasteiger partial charge in [-0.05, 0) is 31.2 Å². The summed E-state index contributed by atoms with van der Waals surface area (Å²) in [6.07, 6.45) is 0.525. The van der Waals surface area contributed by atoms with Crippen LogP contribution in [0.5, 0.6) is 17.2 Å². The van der Waals surface area contributed by atoms with Crippen LogP contribution in [0.2, 0.25) is 10.0 Å². The van der Waals surface area contributed by atoms with Gasteiger partial charge in [0.1, 0.15) is 17.2 Å². The van der Waals surface area contributed by atoms with E-state index >= 15 is 0 Å². The number of amides is 2. The average Bonchev–Trinajstić information content (AvgIpc) is 2.62. The standard InChI is InChI=1S/C19H18Cl2N2O4/c1-19-9-14(12-6-10(20)7-13(21)17(12)27-19)22-18(24)23(19)15-5-4-11(25-2)8-16(15)26-3/h4-8,14H,9H2,1-3H3,(H,22,24). The topological polar surface area (TPSA) is 60.0 Å². The maximum atomic E-state index is 13.0. The zero-order valence-corrected chi connectivity index (χ0v) is 16.5. The van der Waals surface area contributed by atoms with E-state index < -0.39 is 5.72 Å². The molecule has 0 spiro atoms. The number of nitrogens with zero attached hydrogens (tertiary/aromatic N) is 1. The number of benzene rings is 2. The molecule has 2 amide bonds. The molecule has 2 aromatic rings. The zero-order chi connectivity index (χ0) is 19.3. The van der Waals surface area contributed by atoms with E-state index in [4.69, 9.17) is 37.4 Å². The van der Waals surface area contributed by atoms with E-state index in [9.17, 15) is 4.79 Å². The molecule has 1 saturated heterocycles. The molecule has 0 aromatic heterocycles. The van der Waals surface area contributed by atoms with Crippen molar-refractivity contribution >= 4 is 34.9 Å². The van der Waals surface area contributed by atoms with Gasteiger partial charge >= 0.3 is 6.03 Å². The van der Waals surface area contributed by atoms with Crippen molar-refractivity contribution in [1.29, 1.82) is 0 Å². The highest BCUT2D eigenvalue weighted by Crippen LogP contribution is 2.50. The summed E-state index contributed by atoms with van der Waals surface area (Å²) in [5.74, 6) is 1.65. The number of methoxy groups -OCH3 is 2. The number of halogens is 2. The number of hydrogen-bond acceptors (Lipinski definition) is 4. The number of carbonyl (C=O) groups is 1. The van der Waals surface area contributed by atoms with Gasteiger partial charge in [-0.25, -0.2) is 4.79 Å². The van der Waals surface area contributed by atoms with Crippen LogP contribution < -0.4 is 24.4 Å². The maximum Gasteiger partial charge on any atom is 0.325 e. The molecule has 27 heavy (non-hydrogen) atoms. The van der Waals surface area contributed by atoms with E-state index in [0.29, 0.717) is 39.4 Å². The Bertz CT molecular complexity index is 936. The fraction of sp³-hybridized carbons (Fsp3) is 0.316. The quantitative estimate of drug-likeness (QED) is 0.793. The summed E-state index contributed by atoms with van der Waals surface area (Å²) in [5.41, 5.74) is 0.407. The Hall–Kier alpha value is -2.31. The van der Waals surface area contributed by atoms with Crippen LogP contribution in [0.4, 0.5) is 10.5 Å². The van der Waals surface area contributed by atoms with Crippen molar-refractivity contribution in [1.82, 2.24) is 5.32 Å². The number of urea groups is 1. The normalized spacial score (nSPS) is 23.2. The smallest absolute Gasteiger partial charge is 0.325 e. The Morgan fingerprint density at radius 3 is 2.70 bits per heavy atom. The van der Waals surface area contributed by atoms with Crippen LogP contribution in [0, 0.1) is 0 Å². The van der Waals surface area contributed by atoms with Crippen LogP contribution in [0.25, 0.3) is 0 Å². The second-order valence-electron chi connectivity index (χ2n) is 6.66.